The number of carbonyl (C=O) groups is 1. The summed E-state index contributed by atoms with van der Waals surface area (Å²) in [5, 5.41) is 11.6. The summed E-state index contributed by atoms with van der Waals surface area (Å²) >= 11 is 0. The zero-order valence-electron chi connectivity index (χ0n) is 15.2. The first-order valence-corrected chi connectivity index (χ1v) is 8.78. The Labute approximate surface area is 161 Å². The molecule has 0 unspecified atom stereocenters. The second-order valence-electron chi connectivity index (χ2n) is 6.39. The smallest absolute Gasteiger partial charge is 0.230 e. The molecule has 4 aromatic rings. The number of carbonyl (C=O) groups excluding carboxylic acids is 1. The lowest BCUT2D eigenvalue weighted by atomic mass is 10.1. The fourth-order valence-electron chi connectivity index (χ4n) is 2.94. The van der Waals surface area contributed by atoms with Crippen LogP contribution in [-0.4, -0.2) is 25.5 Å². The molecule has 0 aliphatic rings. The minimum atomic E-state index is -0.319. The van der Waals surface area contributed by atoms with E-state index in [2.05, 4.69) is 15.5 Å². The van der Waals surface area contributed by atoms with Gasteiger partial charge in [0.25, 0.3) is 0 Å². The molecule has 0 saturated carbocycles. The van der Waals surface area contributed by atoms with Gasteiger partial charge in [-0.2, -0.15) is 10.2 Å². The molecule has 0 fully saturated rings. The van der Waals surface area contributed by atoms with E-state index in [0.717, 1.165) is 16.8 Å². The Hall–Kier alpha value is -3.74. The van der Waals surface area contributed by atoms with Crippen LogP contribution in [0.2, 0.25) is 0 Å². The summed E-state index contributed by atoms with van der Waals surface area (Å²) in [5.74, 6) is -0.0263. The highest BCUT2D eigenvalue weighted by Crippen LogP contribution is 2.25. The Kier molecular flexibility index (Phi) is 4.72. The number of hydrogen-bond donors (Lipinski definition) is 1. The van der Waals surface area contributed by atoms with Crippen LogP contribution < -0.4 is 5.32 Å². The van der Waals surface area contributed by atoms with Crippen molar-refractivity contribution in [1.82, 2.24) is 19.6 Å². The van der Waals surface area contributed by atoms with Crippen LogP contribution in [-0.2, 0) is 18.3 Å². The Morgan fingerprint density at radius 2 is 1.79 bits per heavy atom. The topological polar surface area (TPSA) is 64.7 Å². The molecule has 6 nitrogen and oxygen atoms in total. The molecule has 4 rings (SSSR count). The van der Waals surface area contributed by atoms with Gasteiger partial charge in [-0.15, -0.1) is 0 Å². The minimum absolute atomic E-state index is 0.121. The molecular formula is C21H18FN5O. The van der Waals surface area contributed by atoms with Crippen LogP contribution in [0.4, 0.5) is 10.2 Å². The van der Waals surface area contributed by atoms with E-state index < -0.39 is 0 Å². The van der Waals surface area contributed by atoms with Gasteiger partial charge in [0.05, 0.1) is 17.8 Å². The van der Waals surface area contributed by atoms with E-state index in [1.165, 1.54) is 12.1 Å². The van der Waals surface area contributed by atoms with E-state index in [-0.39, 0.29) is 18.1 Å². The highest BCUT2D eigenvalue weighted by Gasteiger charge is 2.16. The summed E-state index contributed by atoms with van der Waals surface area (Å²) in [6, 6.07) is 17.4. The summed E-state index contributed by atoms with van der Waals surface area (Å²) in [6.45, 7) is 0. The average molecular weight is 375 g/mol. The summed E-state index contributed by atoms with van der Waals surface area (Å²) in [6.07, 6.45) is 3.70. The molecule has 0 aliphatic carbocycles. The number of para-hydroxylation sites is 1. The number of benzene rings is 2. The number of nitrogens with zero attached hydrogens (tertiary/aromatic N) is 4. The maximum absolute atomic E-state index is 13.3. The molecule has 7 heteroatoms. The molecule has 2 aromatic carbocycles. The van der Waals surface area contributed by atoms with Gasteiger partial charge >= 0.3 is 0 Å². The second kappa shape index (κ2) is 7.48. The number of nitrogens with one attached hydrogen (secondary N) is 1. The summed E-state index contributed by atoms with van der Waals surface area (Å²) in [7, 11) is 1.78. The summed E-state index contributed by atoms with van der Waals surface area (Å²) in [4.78, 5) is 12.5. The SMILES string of the molecule is Cn1ccc(NC(=O)Cc2cn(-c3ccccc3)nc2-c2ccc(F)cc2)n1. The zero-order chi connectivity index (χ0) is 19.5. The quantitative estimate of drug-likeness (QED) is 0.580. The molecule has 1 N–H and O–H groups in total. The molecule has 2 aromatic heterocycles. The van der Waals surface area contributed by atoms with Gasteiger partial charge in [-0.05, 0) is 36.4 Å². The fraction of sp³-hybridized carbons (Fsp3) is 0.0952. The van der Waals surface area contributed by atoms with E-state index in [0.29, 0.717) is 11.5 Å². The standard InChI is InChI=1S/C21H18FN5O/c1-26-12-11-19(24-26)23-20(28)13-16-14-27(18-5-3-2-4-6-18)25-21(16)15-7-9-17(22)10-8-15/h2-12,14H,13H2,1H3,(H,23,24,28). The third-order valence-electron chi connectivity index (χ3n) is 4.26. The van der Waals surface area contributed by atoms with Crippen LogP contribution >= 0.6 is 0 Å². The van der Waals surface area contributed by atoms with Crippen molar-refractivity contribution in [3.8, 4) is 16.9 Å². The van der Waals surface area contributed by atoms with Gasteiger partial charge in [-0.3, -0.25) is 9.48 Å². The Bertz CT molecular complexity index is 1100. The first kappa shape index (κ1) is 17.7. The van der Waals surface area contributed by atoms with Gasteiger partial charge in [-0.1, -0.05) is 18.2 Å². The monoisotopic (exact) mass is 375 g/mol. The molecule has 0 aliphatic heterocycles. The number of aromatic nitrogens is 4. The van der Waals surface area contributed by atoms with E-state index in [4.69, 9.17) is 0 Å². The second-order valence-corrected chi connectivity index (χ2v) is 6.39. The number of amides is 1. The third kappa shape index (κ3) is 3.83. The van der Waals surface area contributed by atoms with Crippen molar-refractivity contribution in [3.63, 3.8) is 0 Å². The van der Waals surface area contributed by atoms with Gasteiger partial charge in [0.1, 0.15) is 5.82 Å². The number of rotatable bonds is 5. The van der Waals surface area contributed by atoms with Crippen molar-refractivity contribution in [3.05, 3.63) is 84.4 Å². The van der Waals surface area contributed by atoms with Crippen molar-refractivity contribution in [2.24, 2.45) is 7.05 Å². The molecule has 2 heterocycles. The Morgan fingerprint density at radius 3 is 2.46 bits per heavy atom. The molecule has 0 atom stereocenters. The molecule has 0 spiro atoms. The highest BCUT2D eigenvalue weighted by molar-refractivity contribution is 5.92. The number of aryl methyl sites for hydroxylation is 1. The summed E-state index contributed by atoms with van der Waals surface area (Å²) < 4.78 is 16.7. The summed E-state index contributed by atoms with van der Waals surface area (Å²) in [5.41, 5.74) is 3.00. The van der Waals surface area contributed by atoms with E-state index >= 15 is 0 Å². The van der Waals surface area contributed by atoms with Crippen molar-refractivity contribution in [2.75, 3.05) is 5.32 Å². The maximum Gasteiger partial charge on any atom is 0.230 e. The predicted octanol–water partition coefficient (Wildman–Crippen LogP) is 3.59. The minimum Gasteiger partial charge on any atom is -0.309 e. The van der Waals surface area contributed by atoms with Crippen LogP contribution in [0.25, 0.3) is 16.9 Å². The van der Waals surface area contributed by atoms with Gasteiger partial charge in [0, 0.05) is 36.6 Å². The molecule has 0 saturated heterocycles. The normalized spacial score (nSPS) is 10.8. The van der Waals surface area contributed by atoms with Crippen LogP contribution in [0.5, 0.6) is 0 Å². The number of anilines is 1. The predicted molar refractivity (Wildman–Crippen MR) is 104 cm³/mol. The van der Waals surface area contributed by atoms with Gasteiger partial charge < -0.3 is 5.32 Å². The van der Waals surface area contributed by atoms with E-state index in [9.17, 15) is 9.18 Å². The van der Waals surface area contributed by atoms with Crippen LogP contribution in [0, 0.1) is 5.82 Å². The first-order valence-electron chi connectivity index (χ1n) is 8.78. The van der Waals surface area contributed by atoms with Gasteiger partial charge in [0.2, 0.25) is 5.91 Å². The molecule has 0 radical (unpaired) electrons. The van der Waals surface area contributed by atoms with Gasteiger partial charge in [0.15, 0.2) is 5.82 Å². The maximum atomic E-state index is 13.3. The molecule has 28 heavy (non-hydrogen) atoms. The van der Waals surface area contributed by atoms with Crippen LogP contribution in [0.3, 0.4) is 0 Å². The van der Waals surface area contributed by atoms with Crippen molar-refractivity contribution in [2.45, 2.75) is 6.42 Å². The third-order valence-corrected chi connectivity index (χ3v) is 4.26. The van der Waals surface area contributed by atoms with Crippen molar-refractivity contribution >= 4 is 11.7 Å². The molecule has 1 amide bonds. The van der Waals surface area contributed by atoms with Crippen LogP contribution in [0.15, 0.2) is 73.1 Å². The average Bonchev–Trinajstić information content (AvgIpc) is 3.29. The number of hydrogen-bond acceptors (Lipinski definition) is 3. The zero-order valence-corrected chi connectivity index (χ0v) is 15.2. The van der Waals surface area contributed by atoms with E-state index in [1.54, 1.807) is 40.8 Å². The lowest BCUT2D eigenvalue weighted by molar-refractivity contribution is -0.115. The first-order chi connectivity index (χ1) is 13.6. The lowest BCUT2D eigenvalue weighted by Gasteiger charge is -2.03. The Balaban J connectivity index is 1.66. The molecule has 0 bridgehead atoms. The molecular weight excluding hydrogens is 357 g/mol. The number of halogens is 1. The fourth-order valence-corrected chi connectivity index (χ4v) is 2.94. The van der Waals surface area contributed by atoms with Crippen LogP contribution in [0.1, 0.15) is 5.56 Å². The Morgan fingerprint density at radius 1 is 1.04 bits per heavy atom. The van der Waals surface area contributed by atoms with E-state index in [1.807, 2.05) is 36.5 Å². The molecule has 140 valence electrons. The lowest BCUT2D eigenvalue weighted by Crippen LogP contribution is -2.15. The highest BCUT2D eigenvalue weighted by atomic mass is 19.1. The largest absolute Gasteiger partial charge is 0.309 e. The van der Waals surface area contributed by atoms with Crippen molar-refractivity contribution < 1.29 is 9.18 Å². The van der Waals surface area contributed by atoms with Gasteiger partial charge in [-0.25, -0.2) is 9.07 Å². The van der Waals surface area contributed by atoms with Crippen molar-refractivity contribution in [1.29, 1.82) is 0 Å².